The lowest BCUT2D eigenvalue weighted by Gasteiger charge is -2.13. The highest BCUT2D eigenvalue weighted by Gasteiger charge is 2.11. The van der Waals surface area contributed by atoms with Crippen molar-refractivity contribution in [3.05, 3.63) is 106 Å². The van der Waals surface area contributed by atoms with Crippen molar-refractivity contribution in [2.24, 2.45) is 0 Å². The summed E-state index contributed by atoms with van der Waals surface area (Å²) in [7, 11) is 1.58. The maximum atomic E-state index is 12.6. The fraction of sp³-hybridized carbons (Fsp3) is 0.120. The van der Waals surface area contributed by atoms with Gasteiger partial charge in [-0.05, 0) is 35.4 Å². The first-order valence-corrected chi connectivity index (χ1v) is 9.88. The van der Waals surface area contributed by atoms with Gasteiger partial charge >= 0.3 is 0 Å². The molecule has 0 aliphatic heterocycles. The minimum Gasteiger partial charge on any atom is -0.493 e. The fourth-order valence-electron chi connectivity index (χ4n) is 3.27. The minimum absolute atomic E-state index is 0.193. The number of aromatic nitrogens is 1. The van der Waals surface area contributed by atoms with Gasteiger partial charge in [0, 0.05) is 23.5 Å². The fourth-order valence-corrected chi connectivity index (χ4v) is 3.27. The number of hydrogen-bond donors (Lipinski definition) is 2. The number of pyridine rings is 1. The molecule has 1 amide bonds. The maximum Gasteiger partial charge on any atom is 0.268 e. The van der Waals surface area contributed by atoms with Gasteiger partial charge < -0.3 is 19.8 Å². The lowest BCUT2D eigenvalue weighted by atomic mass is 10.1. The van der Waals surface area contributed by atoms with Gasteiger partial charge in [0.25, 0.3) is 5.91 Å². The van der Waals surface area contributed by atoms with Crippen molar-refractivity contribution in [2.45, 2.75) is 13.2 Å². The van der Waals surface area contributed by atoms with Gasteiger partial charge in [-0.25, -0.2) is 0 Å². The number of carbonyl (C=O) groups excluding carboxylic acids is 1. The normalized spacial score (nSPS) is 10.6. The Bertz CT molecular complexity index is 1270. The molecule has 0 radical (unpaired) electrons. The number of amides is 1. The lowest BCUT2D eigenvalue weighted by Crippen LogP contribution is -2.25. The highest BCUT2D eigenvalue weighted by molar-refractivity contribution is 5.94. The van der Waals surface area contributed by atoms with Gasteiger partial charge in [0.1, 0.15) is 12.3 Å². The molecule has 1 aromatic heterocycles. The molecule has 6 nitrogen and oxygen atoms in total. The van der Waals surface area contributed by atoms with E-state index in [1.165, 1.54) is 6.07 Å². The molecule has 0 aliphatic rings. The van der Waals surface area contributed by atoms with Crippen molar-refractivity contribution in [3.8, 4) is 11.5 Å². The zero-order chi connectivity index (χ0) is 21.6. The summed E-state index contributed by atoms with van der Waals surface area (Å²) in [6.45, 7) is 0.714. The van der Waals surface area contributed by atoms with Crippen molar-refractivity contribution in [2.75, 3.05) is 7.11 Å². The van der Waals surface area contributed by atoms with Gasteiger partial charge in [0.05, 0.1) is 7.11 Å². The third-order valence-corrected chi connectivity index (χ3v) is 4.90. The molecule has 0 saturated heterocycles. The number of carbonyl (C=O) groups is 1. The van der Waals surface area contributed by atoms with Crippen molar-refractivity contribution in [1.82, 2.24) is 10.3 Å². The Labute approximate surface area is 179 Å². The Morgan fingerprint density at radius 3 is 2.48 bits per heavy atom. The molecule has 3 aromatic carbocycles. The first-order valence-electron chi connectivity index (χ1n) is 9.88. The molecule has 4 aromatic rings. The number of fused-ring (bicyclic) bond motifs is 1. The average Bonchev–Trinajstić information content (AvgIpc) is 2.82. The van der Waals surface area contributed by atoms with Gasteiger partial charge in [0.2, 0.25) is 0 Å². The van der Waals surface area contributed by atoms with Crippen LogP contribution in [0.1, 0.15) is 21.6 Å². The van der Waals surface area contributed by atoms with Gasteiger partial charge in [-0.3, -0.25) is 9.59 Å². The van der Waals surface area contributed by atoms with E-state index < -0.39 is 0 Å². The van der Waals surface area contributed by atoms with E-state index in [-0.39, 0.29) is 23.6 Å². The van der Waals surface area contributed by atoms with E-state index >= 15 is 0 Å². The van der Waals surface area contributed by atoms with Crippen LogP contribution in [0.5, 0.6) is 11.5 Å². The van der Waals surface area contributed by atoms with Crippen molar-refractivity contribution < 1.29 is 14.3 Å². The smallest absolute Gasteiger partial charge is 0.268 e. The maximum absolute atomic E-state index is 12.6. The molecule has 4 rings (SSSR count). The summed E-state index contributed by atoms with van der Waals surface area (Å²) in [6.07, 6.45) is 0. The highest BCUT2D eigenvalue weighted by Crippen LogP contribution is 2.28. The van der Waals surface area contributed by atoms with E-state index in [1.807, 2.05) is 54.6 Å². The van der Waals surface area contributed by atoms with Crippen LogP contribution in [0.3, 0.4) is 0 Å². The molecule has 0 spiro atoms. The minimum atomic E-state index is -0.355. The average molecular weight is 414 g/mol. The molecule has 0 fully saturated rings. The topological polar surface area (TPSA) is 80.4 Å². The van der Waals surface area contributed by atoms with Crippen molar-refractivity contribution >= 4 is 16.8 Å². The first-order chi connectivity index (χ1) is 15.1. The van der Waals surface area contributed by atoms with E-state index in [2.05, 4.69) is 10.3 Å². The summed E-state index contributed by atoms with van der Waals surface area (Å²) in [5.74, 6) is 0.855. The molecule has 6 heteroatoms. The van der Waals surface area contributed by atoms with Crippen LogP contribution in [0.15, 0.2) is 83.7 Å². The Balaban J connectivity index is 1.43. The molecular weight excluding hydrogens is 392 g/mol. The van der Waals surface area contributed by atoms with E-state index in [1.54, 1.807) is 25.3 Å². The molecule has 0 unspecified atom stereocenters. The number of methoxy groups -OCH3 is 1. The Hall–Kier alpha value is -4.06. The summed E-state index contributed by atoms with van der Waals surface area (Å²) in [5, 5.41) is 3.38. The summed E-state index contributed by atoms with van der Waals surface area (Å²) in [5.41, 5.74) is 2.56. The SMILES string of the molecule is COc1cc(CNC(=O)c2cc(=O)c3ccccc3[nH]2)ccc1OCc1ccccc1. The van der Waals surface area contributed by atoms with Crippen LogP contribution in [0.4, 0.5) is 0 Å². The molecule has 2 N–H and O–H groups in total. The standard InChI is InChI=1S/C25H22N2O4/c1-30-24-13-18(11-12-23(24)31-16-17-7-3-2-4-8-17)15-26-25(29)21-14-22(28)19-9-5-6-10-20(19)27-21/h2-14H,15-16H2,1H3,(H,26,29)(H,27,28). The van der Waals surface area contributed by atoms with E-state index in [0.29, 0.717) is 29.0 Å². The number of para-hydroxylation sites is 1. The second-order valence-corrected chi connectivity index (χ2v) is 7.04. The van der Waals surface area contributed by atoms with Crippen LogP contribution < -0.4 is 20.2 Å². The Morgan fingerprint density at radius 2 is 1.68 bits per heavy atom. The van der Waals surface area contributed by atoms with Gasteiger partial charge in [-0.2, -0.15) is 0 Å². The van der Waals surface area contributed by atoms with Gasteiger partial charge in [-0.15, -0.1) is 0 Å². The highest BCUT2D eigenvalue weighted by atomic mass is 16.5. The van der Waals surface area contributed by atoms with Crippen LogP contribution >= 0.6 is 0 Å². The molecule has 156 valence electrons. The predicted molar refractivity (Wildman–Crippen MR) is 120 cm³/mol. The number of H-pyrrole nitrogens is 1. The Morgan fingerprint density at radius 1 is 0.903 bits per heavy atom. The summed E-state index contributed by atoms with van der Waals surface area (Å²) >= 11 is 0. The van der Waals surface area contributed by atoms with E-state index in [9.17, 15) is 9.59 Å². The number of nitrogens with one attached hydrogen (secondary N) is 2. The molecule has 0 aliphatic carbocycles. The largest absolute Gasteiger partial charge is 0.493 e. The molecule has 31 heavy (non-hydrogen) atoms. The van der Waals surface area contributed by atoms with Gasteiger partial charge in [-0.1, -0.05) is 48.5 Å². The number of ether oxygens (including phenoxy) is 2. The third kappa shape index (κ3) is 4.75. The quantitative estimate of drug-likeness (QED) is 0.478. The third-order valence-electron chi connectivity index (χ3n) is 4.90. The van der Waals surface area contributed by atoms with E-state index in [4.69, 9.17) is 9.47 Å². The summed E-state index contributed by atoms with van der Waals surface area (Å²) in [6, 6.07) is 23.8. The first kappa shape index (κ1) is 20.2. The molecule has 0 atom stereocenters. The molecule has 0 saturated carbocycles. The van der Waals surface area contributed by atoms with E-state index in [0.717, 1.165) is 11.1 Å². The molecule has 0 bridgehead atoms. The molecular formula is C25H22N2O4. The second kappa shape index (κ2) is 9.17. The van der Waals surface area contributed by atoms with Crippen molar-refractivity contribution in [3.63, 3.8) is 0 Å². The van der Waals surface area contributed by atoms with Crippen LogP contribution in [-0.4, -0.2) is 18.0 Å². The number of benzene rings is 3. The second-order valence-electron chi connectivity index (χ2n) is 7.04. The number of aromatic amines is 1. The summed E-state index contributed by atoms with van der Waals surface area (Å²) in [4.78, 5) is 27.8. The number of hydrogen-bond acceptors (Lipinski definition) is 4. The van der Waals surface area contributed by atoms with Crippen LogP contribution in [0.25, 0.3) is 10.9 Å². The monoisotopic (exact) mass is 414 g/mol. The zero-order valence-electron chi connectivity index (χ0n) is 17.1. The molecule has 1 heterocycles. The lowest BCUT2D eigenvalue weighted by molar-refractivity contribution is 0.0946. The number of rotatable bonds is 7. The van der Waals surface area contributed by atoms with Crippen LogP contribution in [-0.2, 0) is 13.2 Å². The Kier molecular flexibility index (Phi) is 5.98. The zero-order valence-corrected chi connectivity index (χ0v) is 17.1. The predicted octanol–water partition coefficient (Wildman–Crippen LogP) is 4.05. The van der Waals surface area contributed by atoms with Crippen LogP contribution in [0, 0.1) is 0 Å². The summed E-state index contributed by atoms with van der Waals surface area (Å²) < 4.78 is 11.3. The van der Waals surface area contributed by atoms with Gasteiger partial charge in [0.15, 0.2) is 16.9 Å². The van der Waals surface area contributed by atoms with Crippen LogP contribution in [0.2, 0.25) is 0 Å². The van der Waals surface area contributed by atoms with Crippen molar-refractivity contribution in [1.29, 1.82) is 0 Å².